The van der Waals surface area contributed by atoms with Gasteiger partial charge in [-0.25, -0.2) is 15.0 Å². The van der Waals surface area contributed by atoms with Gasteiger partial charge in [-0.1, -0.05) is 26.8 Å². The lowest BCUT2D eigenvalue weighted by Gasteiger charge is -2.21. The highest BCUT2D eigenvalue weighted by Gasteiger charge is 2.31. The number of hydrogen-bond donors (Lipinski definition) is 0. The van der Waals surface area contributed by atoms with Crippen molar-refractivity contribution in [3.8, 4) is 0 Å². The standard InChI is InChI=1S/C15H19N3O2/c1-15(2,3)12-9-20-14(18-12)11-6-4-5-10(17-11)13-16-7-8-19-13/h4-6,12H,7-9H2,1-3H3. The second-order valence-corrected chi connectivity index (χ2v) is 6.07. The first-order valence-corrected chi connectivity index (χ1v) is 6.90. The molecule has 1 unspecified atom stereocenters. The van der Waals surface area contributed by atoms with Crippen molar-refractivity contribution >= 4 is 11.8 Å². The number of aromatic nitrogens is 1. The van der Waals surface area contributed by atoms with E-state index in [1.807, 2.05) is 18.2 Å². The zero-order chi connectivity index (χ0) is 14.2. The van der Waals surface area contributed by atoms with Crippen molar-refractivity contribution in [2.75, 3.05) is 19.8 Å². The van der Waals surface area contributed by atoms with Crippen LogP contribution in [0.1, 0.15) is 32.2 Å². The van der Waals surface area contributed by atoms with E-state index in [0.29, 0.717) is 31.6 Å². The molecule has 106 valence electrons. The molecule has 0 aliphatic carbocycles. The Hall–Kier alpha value is -1.91. The average molecular weight is 273 g/mol. The molecule has 3 rings (SSSR count). The second kappa shape index (κ2) is 4.89. The van der Waals surface area contributed by atoms with Crippen molar-refractivity contribution in [3.05, 3.63) is 29.6 Å². The van der Waals surface area contributed by atoms with Gasteiger partial charge in [0.1, 0.15) is 24.6 Å². The van der Waals surface area contributed by atoms with Crippen molar-refractivity contribution < 1.29 is 9.47 Å². The zero-order valence-electron chi connectivity index (χ0n) is 12.1. The van der Waals surface area contributed by atoms with Gasteiger partial charge in [-0.15, -0.1) is 0 Å². The number of aliphatic imine (C=N–C) groups is 2. The van der Waals surface area contributed by atoms with E-state index in [-0.39, 0.29) is 11.5 Å². The number of nitrogens with zero attached hydrogens (tertiary/aromatic N) is 3. The summed E-state index contributed by atoms with van der Waals surface area (Å²) in [4.78, 5) is 13.5. The Kier molecular flexibility index (Phi) is 3.20. The Morgan fingerprint density at radius 2 is 1.85 bits per heavy atom. The van der Waals surface area contributed by atoms with Crippen LogP contribution in [-0.4, -0.2) is 42.6 Å². The normalized spacial score (nSPS) is 22.1. The van der Waals surface area contributed by atoms with E-state index in [2.05, 4.69) is 35.7 Å². The molecule has 1 aromatic heterocycles. The second-order valence-electron chi connectivity index (χ2n) is 6.07. The SMILES string of the molecule is CC(C)(C)C1COC(c2cccc(C3=NCCO3)n2)=N1. The minimum atomic E-state index is 0.0952. The summed E-state index contributed by atoms with van der Waals surface area (Å²) >= 11 is 0. The van der Waals surface area contributed by atoms with Crippen LogP contribution in [0.3, 0.4) is 0 Å². The molecule has 5 nitrogen and oxygen atoms in total. The van der Waals surface area contributed by atoms with Gasteiger partial charge in [-0.3, -0.25) is 0 Å². The molecule has 0 bridgehead atoms. The van der Waals surface area contributed by atoms with E-state index in [1.54, 1.807) is 0 Å². The van der Waals surface area contributed by atoms with E-state index in [0.717, 1.165) is 11.4 Å². The topological polar surface area (TPSA) is 56.1 Å². The maximum Gasteiger partial charge on any atom is 0.235 e. The molecule has 0 saturated carbocycles. The molecule has 1 aromatic rings. The molecule has 0 spiro atoms. The lowest BCUT2D eigenvalue weighted by atomic mass is 9.88. The van der Waals surface area contributed by atoms with Crippen molar-refractivity contribution in [1.82, 2.24) is 4.98 Å². The molecule has 20 heavy (non-hydrogen) atoms. The van der Waals surface area contributed by atoms with Gasteiger partial charge in [0, 0.05) is 0 Å². The maximum absolute atomic E-state index is 5.70. The highest BCUT2D eigenvalue weighted by atomic mass is 16.5. The van der Waals surface area contributed by atoms with Crippen molar-refractivity contribution in [2.45, 2.75) is 26.8 Å². The molecule has 3 heterocycles. The Morgan fingerprint density at radius 1 is 1.10 bits per heavy atom. The summed E-state index contributed by atoms with van der Waals surface area (Å²) in [5, 5.41) is 0. The Balaban J connectivity index is 1.86. The predicted molar refractivity (Wildman–Crippen MR) is 77.3 cm³/mol. The van der Waals surface area contributed by atoms with Gasteiger partial charge in [-0.2, -0.15) is 0 Å². The van der Waals surface area contributed by atoms with E-state index in [4.69, 9.17) is 9.47 Å². The van der Waals surface area contributed by atoms with Gasteiger partial charge in [0.2, 0.25) is 11.8 Å². The monoisotopic (exact) mass is 273 g/mol. The molecule has 1 atom stereocenters. The maximum atomic E-state index is 5.70. The number of pyridine rings is 1. The van der Waals surface area contributed by atoms with Gasteiger partial charge in [-0.05, 0) is 17.5 Å². The first-order chi connectivity index (χ1) is 9.54. The van der Waals surface area contributed by atoms with Crippen LogP contribution in [0.2, 0.25) is 0 Å². The molecule has 0 saturated heterocycles. The number of ether oxygens (including phenoxy) is 2. The minimum Gasteiger partial charge on any atom is -0.474 e. The Labute approximate surface area is 118 Å². The van der Waals surface area contributed by atoms with Crippen molar-refractivity contribution in [2.24, 2.45) is 15.4 Å². The summed E-state index contributed by atoms with van der Waals surface area (Å²) in [6.07, 6.45) is 0. The molecule has 0 amide bonds. The minimum absolute atomic E-state index is 0.0952. The highest BCUT2D eigenvalue weighted by molar-refractivity contribution is 5.97. The van der Waals surface area contributed by atoms with Gasteiger partial charge in [0.25, 0.3) is 0 Å². The first-order valence-electron chi connectivity index (χ1n) is 6.90. The molecule has 0 aromatic carbocycles. The van der Waals surface area contributed by atoms with Crippen LogP contribution in [0.25, 0.3) is 0 Å². The third-order valence-corrected chi connectivity index (χ3v) is 3.42. The van der Waals surface area contributed by atoms with Crippen molar-refractivity contribution in [3.63, 3.8) is 0 Å². The summed E-state index contributed by atoms with van der Waals surface area (Å²) < 4.78 is 11.1. The van der Waals surface area contributed by atoms with Gasteiger partial charge < -0.3 is 9.47 Å². The highest BCUT2D eigenvalue weighted by Crippen LogP contribution is 2.27. The Bertz CT molecular complexity index is 573. The lowest BCUT2D eigenvalue weighted by Crippen LogP contribution is -2.25. The zero-order valence-corrected chi connectivity index (χ0v) is 12.1. The fourth-order valence-electron chi connectivity index (χ4n) is 2.12. The largest absolute Gasteiger partial charge is 0.474 e. The van der Waals surface area contributed by atoms with Crippen LogP contribution < -0.4 is 0 Å². The predicted octanol–water partition coefficient (Wildman–Crippen LogP) is 2.05. The van der Waals surface area contributed by atoms with Gasteiger partial charge >= 0.3 is 0 Å². The van der Waals surface area contributed by atoms with Crippen LogP contribution in [0.5, 0.6) is 0 Å². The number of rotatable bonds is 2. The van der Waals surface area contributed by atoms with Crippen LogP contribution in [0, 0.1) is 5.41 Å². The van der Waals surface area contributed by atoms with Crippen LogP contribution in [0.15, 0.2) is 28.2 Å². The van der Waals surface area contributed by atoms with Crippen LogP contribution in [0.4, 0.5) is 0 Å². The van der Waals surface area contributed by atoms with Crippen molar-refractivity contribution in [1.29, 1.82) is 0 Å². The lowest BCUT2D eigenvalue weighted by molar-refractivity contribution is 0.235. The Morgan fingerprint density at radius 3 is 2.45 bits per heavy atom. The summed E-state index contributed by atoms with van der Waals surface area (Å²) in [7, 11) is 0. The molecular formula is C15H19N3O2. The molecule has 0 radical (unpaired) electrons. The molecule has 0 fully saturated rings. The smallest absolute Gasteiger partial charge is 0.235 e. The molecule has 0 N–H and O–H groups in total. The van der Waals surface area contributed by atoms with Crippen LogP contribution in [-0.2, 0) is 9.47 Å². The summed E-state index contributed by atoms with van der Waals surface area (Å²) in [6, 6.07) is 5.90. The van der Waals surface area contributed by atoms with E-state index in [1.165, 1.54) is 0 Å². The van der Waals surface area contributed by atoms with E-state index >= 15 is 0 Å². The quantitative estimate of drug-likeness (QED) is 0.828. The molecular weight excluding hydrogens is 254 g/mol. The first kappa shape index (κ1) is 13.1. The van der Waals surface area contributed by atoms with E-state index < -0.39 is 0 Å². The molecule has 2 aliphatic rings. The van der Waals surface area contributed by atoms with Crippen LogP contribution >= 0.6 is 0 Å². The van der Waals surface area contributed by atoms with Gasteiger partial charge in [0.15, 0.2) is 0 Å². The van der Waals surface area contributed by atoms with E-state index in [9.17, 15) is 0 Å². The summed E-state index contributed by atoms with van der Waals surface area (Å²) in [5.41, 5.74) is 1.58. The fourth-order valence-corrected chi connectivity index (χ4v) is 2.12. The van der Waals surface area contributed by atoms with Gasteiger partial charge in [0.05, 0.1) is 12.6 Å². The fraction of sp³-hybridized carbons (Fsp3) is 0.533. The molecule has 2 aliphatic heterocycles. The number of hydrogen-bond acceptors (Lipinski definition) is 5. The third-order valence-electron chi connectivity index (χ3n) is 3.42. The molecule has 5 heteroatoms. The summed E-state index contributed by atoms with van der Waals surface area (Å²) in [5.74, 6) is 1.23. The third kappa shape index (κ3) is 2.53. The summed E-state index contributed by atoms with van der Waals surface area (Å²) in [6.45, 7) is 8.44. The average Bonchev–Trinajstić information content (AvgIpc) is 3.10.